The molecule has 3 aromatic rings. The van der Waals surface area contributed by atoms with Gasteiger partial charge in [-0.1, -0.05) is 30.3 Å². The molecule has 1 amide bonds. The van der Waals surface area contributed by atoms with E-state index in [0.717, 1.165) is 35.4 Å². The molecule has 6 heteroatoms. The normalized spacial score (nSPS) is 14.6. The fourth-order valence-electron chi connectivity index (χ4n) is 3.52. The Kier molecular flexibility index (Phi) is 5.48. The summed E-state index contributed by atoms with van der Waals surface area (Å²) >= 11 is 0. The van der Waals surface area contributed by atoms with Crippen LogP contribution in [0.2, 0.25) is 0 Å². The number of carbonyl (C=O) groups excluding carboxylic acids is 1. The predicted molar refractivity (Wildman–Crippen MR) is 118 cm³/mol. The molecule has 1 fully saturated rings. The number of rotatable bonds is 3. The number of piperazine rings is 1. The number of para-hydroxylation sites is 2. The molecule has 0 aliphatic carbocycles. The molecule has 0 N–H and O–H groups in total. The summed E-state index contributed by atoms with van der Waals surface area (Å²) in [6.45, 7) is 8.39. The highest BCUT2D eigenvalue weighted by Crippen LogP contribution is 2.30. The van der Waals surface area contributed by atoms with Crippen molar-refractivity contribution in [2.45, 2.75) is 26.4 Å². The molecule has 1 aliphatic heterocycles. The summed E-state index contributed by atoms with van der Waals surface area (Å²) in [5, 5.41) is 1.02. The zero-order chi connectivity index (χ0) is 21.1. The first kappa shape index (κ1) is 20.0. The number of amides is 1. The second-order valence-corrected chi connectivity index (χ2v) is 8.39. The van der Waals surface area contributed by atoms with E-state index in [9.17, 15) is 4.79 Å². The lowest BCUT2D eigenvalue weighted by Crippen LogP contribution is -2.50. The molecule has 0 saturated carbocycles. The molecular formula is C24H27N3O3. The fraction of sp³-hybridized carbons (Fsp3) is 0.333. The van der Waals surface area contributed by atoms with Crippen LogP contribution in [0.3, 0.4) is 0 Å². The number of anilines is 1. The SMILES string of the molecule is CC(C)(C)OC(=O)N1CCN(c2cccc3cc(Oc4ccccc4)cnc23)CC1. The number of pyridine rings is 1. The van der Waals surface area contributed by atoms with E-state index in [1.807, 2.05) is 69.3 Å². The van der Waals surface area contributed by atoms with Gasteiger partial charge in [-0.3, -0.25) is 4.98 Å². The molecule has 4 rings (SSSR count). The summed E-state index contributed by atoms with van der Waals surface area (Å²) in [7, 11) is 0. The Morgan fingerprint density at radius 1 is 0.933 bits per heavy atom. The Labute approximate surface area is 177 Å². The smallest absolute Gasteiger partial charge is 0.410 e. The largest absolute Gasteiger partial charge is 0.456 e. The molecule has 0 radical (unpaired) electrons. The number of ether oxygens (including phenoxy) is 2. The van der Waals surface area contributed by atoms with E-state index >= 15 is 0 Å². The number of hydrogen-bond acceptors (Lipinski definition) is 5. The van der Waals surface area contributed by atoms with Crippen molar-refractivity contribution in [2.24, 2.45) is 0 Å². The maximum atomic E-state index is 12.3. The lowest BCUT2D eigenvalue weighted by atomic mass is 10.1. The molecule has 0 spiro atoms. The van der Waals surface area contributed by atoms with Gasteiger partial charge in [-0.15, -0.1) is 0 Å². The Morgan fingerprint density at radius 3 is 2.37 bits per heavy atom. The van der Waals surface area contributed by atoms with Gasteiger partial charge in [0.15, 0.2) is 0 Å². The summed E-state index contributed by atoms with van der Waals surface area (Å²) in [5.74, 6) is 1.49. The quantitative estimate of drug-likeness (QED) is 0.608. The number of fused-ring (bicyclic) bond motifs is 1. The van der Waals surface area contributed by atoms with Crippen molar-refractivity contribution < 1.29 is 14.3 Å². The fourth-order valence-corrected chi connectivity index (χ4v) is 3.52. The lowest BCUT2D eigenvalue weighted by molar-refractivity contribution is 0.0240. The summed E-state index contributed by atoms with van der Waals surface area (Å²) in [6.07, 6.45) is 1.51. The molecule has 1 aromatic heterocycles. The van der Waals surface area contributed by atoms with E-state index in [0.29, 0.717) is 18.8 Å². The minimum absolute atomic E-state index is 0.249. The predicted octanol–water partition coefficient (Wildman–Crippen LogP) is 5.08. The molecule has 156 valence electrons. The Bertz CT molecular complexity index is 1020. The molecule has 1 aliphatic rings. The van der Waals surface area contributed by atoms with E-state index in [-0.39, 0.29) is 6.09 Å². The van der Waals surface area contributed by atoms with E-state index in [1.165, 1.54) is 0 Å². The third kappa shape index (κ3) is 4.64. The monoisotopic (exact) mass is 405 g/mol. The van der Waals surface area contributed by atoms with Gasteiger partial charge in [-0.2, -0.15) is 0 Å². The minimum atomic E-state index is -0.479. The first-order valence-corrected chi connectivity index (χ1v) is 10.2. The van der Waals surface area contributed by atoms with Crippen LogP contribution in [0, 0.1) is 0 Å². The van der Waals surface area contributed by atoms with Gasteiger partial charge in [-0.05, 0) is 45.0 Å². The maximum absolute atomic E-state index is 12.3. The average Bonchev–Trinajstić information content (AvgIpc) is 2.73. The first-order chi connectivity index (χ1) is 14.4. The molecule has 1 saturated heterocycles. The van der Waals surface area contributed by atoms with Crippen molar-refractivity contribution in [2.75, 3.05) is 31.1 Å². The van der Waals surface area contributed by atoms with E-state index < -0.39 is 5.60 Å². The second kappa shape index (κ2) is 8.22. The zero-order valence-electron chi connectivity index (χ0n) is 17.7. The van der Waals surface area contributed by atoms with Gasteiger partial charge in [-0.25, -0.2) is 4.79 Å². The highest BCUT2D eigenvalue weighted by Gasteiger charge is 2.26. The van der Waals surface area contributed by atoms with Crippen molar-refractivity contribution >= 4 is 22.7 Å². The summed E-state index contributed by atoms with van der Waals surface area (Å²) < 4.78 is 11.4. The van der Waals surface area contributed by atoms with E-state index in [2.05, 4.69) is 16.0 Å². The average molecular weight is 405 g/mol. The number of carbonyl (C=O) groups is 1. The van der Waals surface area contributed by atoms with Crippen LogP contribution in [0.5, 0.6) is 11.5 Å². The molecule has 2 heterocycles. The maximum Gasteiger partial charge on any atom is 0.410 e. The highest BCUT2D eigenvalue weighted by molar-refractivity contribution is 5.91. The Morgan fingerprint density at radius 2 is 1.67 bits per heavy atom. The molecule has 2 aromatic carbocycles. The van der Waals surface area contributed by atoms with Crippen LogP contribution in [0.15, 0.2) is 60.8 Å². The van der Waals surface area contributed by atoms with Crippen molar-refractivity contribution in [1.82, 2.24) is 9.88 Å². The molecular weight excluding hydrogens is 378 g/mol. The van der Waals surface area contributed by atoms with E-state index in [4.69, 9.17) is 9.47 Å². The molecule has 0 bridgehead atoms. The van der Waals surface area contributed by atoms with Crippen LogP contribution in [-0.4, -0.2) is 47.8 Å². The molecule has 0 atom stereocenters. The van der Waals surface area contributed by atoms with Crippen LogP contribution in [0.4, 0.5) is 10.5 Å². The Hall–Kier alpha value is -3.28. The number of aromatic nitrogens is 1. The van der Waals surface area contributed by atoms with E-state index in [1.54, 1.807) is 11.1 Å². The van der Waals surface area contributed by atoms with Gasteiger partial charge in [0.1, 0.15) is 17.1 Å². The van der Waals surface area contributed by atoms with Gasteiger partial charge < -0.3 is 19.3 Å². The van der Waals surface area contributed by atoms with Crippen molar-refractivity contribution in [3.05, 3.63) is 60.8 Å². The van der Waals surface area contributed by atoms with Gasteiger partial charge >= 0.3 is 6.09 Å². The summed E-state index contributed by atoms with van der Waals surface area (Å²) in [4.78, 5) is 21.0. The number of hydrogen-bond donors (Lipinski definition) is 0. The summed E-state index contributed by atoms with van der Waals surface area (Å²) in [6, 6.07) is 17.9. The molecule has 30 heavy (non-hydrogen) atoms. The third-order valence-electron chi connectivity index (χ3n) is 4.92. The van der Waals surface area contributed by atoms with Gasteiger partial charge in [0.05, 0.1) is 17.4 Å². The molecule has 6 nitrogen and oxygen atoms in total. The van der Waals surface area contributed by atoms with Crippen LogP contribution in [0.1, 0.15) is 20.8 Å². The van der Waals surface area contributed by atoms with Gasteiger partial charge in [0.2, 0.25) is 0 Å². The second-order valence-electron chi connectivity index (χ2n) is 8.39. The standard InChI is InChI=1S/C24H27N3O3/c1-24(2,3)30-23(28)27-14-12-26(13-15-27)21-11-7-8-18-16-20(17-25-22(18)21)29-19-9-5-4-6-10-19/h4-11,16-17H,12-15H2,1-3H3. The van der Waals surface area contributed by atoms with Crippen LogP contribution >= 0.6 is 0 Å². The number of benzene rings is 2. The first-order valence-electron chi connectivity index (χ1n) is 10.2. The third-order valence-corrected chi connectivity index (χ3v) is 4.92. The highest BCUT2D eigenvalue weighted by atomic mass is 16.6. The van der Waals surface area contributed by atoms with Crippen molar-refractivity contribution in [3.8, 4) is 11.5 Å². The van der Waals surface area contributed by atoms with Crippen LogP contribution < -0.4 is 9.64 Å². The van der Waals surface area contributed by atoms with Crippen molar-refractivity contribution in [1.29, 1.82) is 0 Å². The minimum Gasteiger partial charge on any atom is -0.456 e. The van der Waals surface area contributed by atoms with Crippen LogP contribution in [0.25, 0.3) is 10.9 Å². The van der Waals surface area contributed by atoms with Crippen molar-refractivity contribution in [3.63, 3.8) is 0 Å². The molecule has 0 unspecified atom stereocenters. The van der Waals surface area contributed by atoms with Crippen LogP contribution in [-0.2, 0) is 4.74 Å². The summed E-state index contributed by atoms with van der Waals surface area (Å²) in [5.41, 5.74) is 1.53. The topological polar surface area (TPSA) is 54.9 Å². The Balaban J connectivity index is 1.48. The van der Waals surface area contributed by atoms with Gasteiger partial charge in [0, 0.05) is 31.6 Å². The lowest BCUT2D eigenvalue weighted by Gasteiger charge is -2.37. The zero-order valence-corrected chi connectivity index (χ0v) is 17.7. The van der Waals surface area contributed by atoms with Gasteiger partial charge in [0.25, 0.3) is 0 Å². The number of nitrogens with zero attached hydrogens (tertiary/aromatic N) is 3.